The molecule has 1 amide bonds. The first-order valence-electron chi connectivity index (χ1n) is 6.10. The van der Waals surface area contributed by atoms with Gasteiger partial charge in [-0.2, -0.15) is 0 Å². The first-order chi connectivity index (χ1) is 9.43. The van der Waals surface area contributed by atoms with Gasteiger partial charge in [-0.1, -0.05) is 31.0 Å². The van der Waals surface area contributed by atoms with Gasteiger partial charge in [-0.3, -0.25) is 4.79 Å². The first kappa shape index (κ1) is 16.2. The van der Waals surface area contributed by atoms with Gasteiger partial charge in [0.05, 0.1) is 5.02 Å². The summed E-state index contributed by atoms with van der Waals surface area (Å²) in [6, 6.07) is 3.12. The van der Waals surface area contributed by atoms with E-state index in [-0.39, 0.29) is 5.02 Å². The fourth-order valence-corrected chi connectivity index (χ4v) is 1.74. The molecule has 0 radical (unpaired) electrons. The Kier molecular flexibility index (Phi) is 6.18. The summed E-state index contributed by atoms with van der Waals surface area (Å²) >= 11 is 5.61. The van der Waals surface area contributed by atoms with Crippen molar-refractivity contribution in [3.8, 4) is 0 Å². The Morgan fingerprint density at radius 1 is 1.50 bits per heavy atom. The van der Waals surface area contributed by atoms with Gasteiger partial charge in [0.15, 0.2) is 0 Å². The maximum absolute atomic E-state index is 12.9. The van der Waals surface area contributed by atoms with Crippen LogP contribution in [0.1, 0.15) is 25.3 Å². The third kappa shape index (κ3) is 5.01. The lowest BCUT2D eigenvalue weighted by Crippen LogP contribution is -2.39. The molecule has 0 aliphatic carbocycles. The molecule has 0 spiro atoms. The maximum Gasteiger partial charge on any atom is 0.326 e. The number of carbonyl (C=O) groups is 2. The highest BCUT2D eigenvalue weighted by Gasteiger charge is 2.17. The van der Waals surface area contributed by atoms with Crippen LogP contribution in [0.2, 0.25) is 5.02 Å². The van der Waals surface area contributed by atoms with Gasteiger partial charge < -0.3 is 10.4 Å². The van der Waals surface area contributed by atoms with Crippen LogP contribution in [0.3, 0.4) is 0 Å². The zero-order valence-corrected chi connectivity index (χ0v) is 11.7. The van der Waals surface area contributed by atoms with Gasteiger partial charge in [-0.05, 0) is 30.2 Å². The van der Waals surface area contributed by atoms with Gasteiger partial charge in [0.1, 0.15) is 11.9 Å². The molecule has 2 N–H and O–H groups in total. The topological polar surface area (TPSA) is 66.4 Å². The Labute approximate surface area is 121 Å². The molecule has 1 aromatic carbocycles. The summed E-state index contributed by atoms with van der Waals surface area (Å²) in [5, 5.41) is 11.2. The van der Waals surface area contributed by atoms with Crippen LogP contribution in [0.4, 0.5) is 4.39 Å². The van der Waals surface area contributed by atoms with Crippen molar-refractivity contribution in [2.24, 2.45) is 0 Å². The van der Waals surface area contributed by atoms with Crippen molar-refractivity contribution in [2.45, 2.75) is 25.8 Å². The van der Waals surface area contributed by atoms with Gasteiger partial charge in [-0.25, -0.2) is 9.18 Å². The van der Waals surface area contributed by atoms with E-state index in [4.69, 9.17) is 16.7 Å². The normalized spacial score (nSPS) is 12.3. The Morgan fingerprint density at radius 3 is 2.75 bits per heavy atom. The minimum absolute atomic E-state index is 0.0399. The molecule has 0 saturated carbocycles. The molecule has 1 aromatic rings. The summed E-state index contributed by atoms with van der Waals surface area (Å²) < 4.78 is 12.9. The van der Waals surface area contributed by atoms with Gasteiger partial charge in [0.2, 0.25) is 5.91 Å². The van der Waals surface area contributed by atoms with Gasteiger partial charge in [0, 0.05) is 6.08 Å². The number of carbonyl (C=O) groups excluding carboxylic acids is 1. The minimum Gasteiger partial charge on any atom is -0.480 e. The summed E-state index contributed by atoms with van der Waals surface area (Å²) in [7, 11) is 0. The Morgan fingerprint density at radius 2 is 2.20 bits per heavy atom. The molecule has 0 heterocycles. The SMILES string of the molecule is CCC[C@@H](NC(=O)/C=C/c1ccc(F)c(Cl)c1)C(=O)O. The molecule has 6 heteroatoms. The maximum atomic E-state index is 12.9. The number of carboxylic acid groups (broad SMARTS) is 1. The summed E-state index contributed by atoms with van der Waals surface area (Å²) in [6.07, 6.45) is 3.63. The number of aliphatic carboxylic acids is 1. The number of amides is 1. The first-order valence-corrected chi connectivity index (χ1v) is 6.48. The quantitative estimate of drug-likeness (QED) is 0.794. The van der Waals surface area contributed by atoms with Gasteiger partial charge in [0.25, 0.3) is 0 Å². The van der Waals surface area contributed by atoms with Crippen molar-refractivity contribution < 1.29 is 19.1 Å². The second kappa shape index (κ2) is 7.65. The molecule has 4 nitrogen and oxygen atoms in total. The third-order valence-electron chi connectivity index (χ3n) is 2.56. The Hall–Kier alpha value is -1.88. The van der Waals surface area contributed by atoms with Crippen molar-refractivity contribution in [3.63, 3.8) is 0 Å². The van der Waals surface area contributed by atoms with Crippen molar-refractivity contribution in [1.29, 1.82) is 0 Å². The fraction of sp³-hybridized carbons (Fsp3) is 0.286. The molecule has 0 unspecified atom stereocenters. The molecule has 0 saturated heterocycles. The summed E-state index contributed by atoms with van der Waals surface area (Å²) in [5.74, 6) is -2.13. The monoisotopic (exact) mass is 299 g/mol. The van der Waals surface area contributed by atoms with E-state index < -0.39 is 23.7 Å². The minimum atomic E-state index is -1.07. The third-order valence-corrected chi connectivity index (χ3v) is 2.85. The van der Waals surface area contributed by atoms with E-state index in [9.17, 15) is 14.0 Å². The van der Waals surface area contributed by atoms with E-state index in [1.165, 1.54) is 30.4 Å². The van der Waals surface area contributed by atoms with Gasteiger partial charge >= 0.3 is 5.97 Å². The van der Waals surface area contributed by atoms with Crippen LogP contribution in [0, 0.1) is 5.82 Å². The molecule has 0 aromatic heterocycles. The van der Waals surface area contributed by atoms with Crippen LogP contribution < -0.4 is 5.32 Å². The van der Waals surface area contributed by atoms with Crippen LogP contribution in [-0.2, 0) is 9.59 Å². The van der Waals surface area contributed by atoms with E-state index in [1.807, 2.05) is 6.92 Å². The summed E-state index contributed by atoms with van der Waals surface area (Å²) in [5.41, 5.74) is 0.550. The highest BCUT2D eigenvalue weighted by Crippen LogP contribution is 2.16. The Bertz CT molecular complexity index is 531. The van der Waals surface area contributed by atoms with Crippen molar-refractivity contribution in [2.75, 3.05) is 0 Å². The van der Waals surface area contributed by atoms with E-state index >= 15 is 0 Å². The molecule has 1 rings (SSSR count). The van der Waals surface area contributed by atoms with Crippen LogP contribution in [0.15, 0.2) is 24.3 Å². The predicted molar refractivity (Wildman–Crippen MR) is 74.9 cm³/mol. The van der Waals surface area contributed by atoms with E-state index in [1.54, 1.807) is 0 Å². The zero-order chi connectivity index (χ0) is 15.1. The van der Waals surface area contributed by atoms with Crippen molar-refractivity contribution >= 4 is 29.6 Å². The molecule has 0 fully saturated rings. The molecular weight excluding hydrogens is 285 g/mol. The molecule has 20 heavy (non-hydrogen) atoms. The molecule has 0 bridgehead atoms. The zero-order valence-electron chi connectivity index (χ0n) is 10.9. The second-order valence-electron chi connectivity index (χ2n) is 4.19. The highest BCUT2D eigenvalue weighted by molar-refractivity contribution is 6.30. The number of nitrogens with one attached hydrogen (secondary N) is 1. The van der Waals surface area contributed by atoms with Crippen LogP contribution in [0.5, 0.6) is 0 Å². The van der Waals surface area contributed by atoms with Gasteiger partial charge in [-0.15, -0.1) is 0 Å². The average Bonchev–Trinajstić information content (AvgIpc) is 2.39. The lowest BCUT2D eigenvalue weighted by Gasteiger charge is -2.11. The number of hydrogen-bond donors (Lipinski definition) is 2. The molecule has 1 atom stereocenters. The van der Waals surface area contributed by atoms with Crippen LogP contribution in [0.25, 0.3) is 6.08 Å². The average molecular weight is 300 g/mol. The lowest BCUT2D eigenvalue weighted by molar-refractivity contribution is -0.141. The van der Waals surface area contributed by atoms with Crippen molar-refractivity contribution in [3.05, 3.63) is 40.7 Å². The number of carboxylic acids is 1. The van der Waals surface area contributed by atoms with Crippen LogP contribution in [-0.4, -0.2) is 23.0 Å². The standard InChI is InChI=1S/C14H15ClFNO3/c1-2-3-12(14(19)20)17-13(18)7-5-9-4-6-11(16)10(15)8-9/h4-8,12H,2-3H2,1H3,(H,17,18)(H,19,20)/b7-5+/t12-/m1/s1. The van der Waals surface area contributed by atoms with E-state index in [0.29, 0.717) is 18.4 Å². The Balaban J connectivity index is 2.67. The molecule has 108 valence electrons. The number of hydrogen-bond acceptors (Lipinski definition) is 2. The molecular formula is C14H15ClFNO3. The largest absolute Gasteiger partial charge is 0.480 e. The second-order valence-corrected chi connectivity index (χ2v) is 4.60. The number of benzene rings is 1. The smallest absolute Gasteiger partial charge is 0.326 e. The van der Waals surface area contributed by atoms with E-state index in [0.717, 1.165) is 0 Å². The summed E-state index contributed by atoms with van der Waals surface area (Å²) in [4.78, 5) is 22.5. The lowest BCUT2D eigenvalue weighted by atomic mass is 10.1. The highest BCUT2D eigenvalue weighted by atomic mass is 35.5. The fourth-order valence-electron chi connectivity index (χ4n) is 1.55. The predicted octanol–water partition coefficient (Wildman–Crippen LogP) is 2.86. The molecule has 0 aliphatic heterocycles. The molecule has 0 aliphatic rings. The van der Waals surface area contributed by atoms with Crippen molar-refractivity contribution in [1.82, 2.24) is 5.32 Å². The van der Waals surface area contributed by atoms with E-state index in [2.05, 4.69) is 5.32 Å². The summed E-state index contributed by atoms with van der Waals surface area (Å²) in [6.45, 7) is 1.83. The number of rotatable bonds is 6. The van der Waals surface area contributed by atoms with Crippen LogP contribution >= 0.6 is 11.6 Å². The number of halogens is 2.